The summed E-state index contributed by atoms with van der Waals surface area (Å²) in [7, 11) is 0. The lowest BCUT2D eigenvalue weighted by molar-refractivity contribution is 0.574. The Morgan fingerprint density at radius 3 is 2.60 bits per heavy atom. The average Bonchev–Trinajstić information content (AvgIpc) is 2.75. The Labute approximate surface area is 136 Å². The lowest BCUT2D eigenvalue weighted by atomic mass is 10.2. The van der Waals surface area contributed by atoms with Crippen molar-refractivity contribution in [2.24, 2.45) is 5.84 Å². The SMILES string of the molecule is Cc1nc(CC(CSc2ccc(Br)cc2)NN)sc1C. The smallest absolute Gasteiger partial charge is 0.0947 e. The molecule has 2 aromatic rings. The molecule has 0 spiro atoms. The van der Waals surface area contributed by atoms with Gasteiger partial charge in [0.05, 0.1) is 10.7 Å². The highest BCUT2D eigenvalue weighted by Gasteiger charge is 2.12. The molecule has 0 radical (unpaired) electrons. The van der Waals surface area contributed by atoms with Crippen LogP contribution in [0.5, 0.6) is 0 Å². The number of nitrogens with two attached hydrogens (primary N) is 1. The fraction of sp³-hybridized carbons (Fsp3) is 0.357. The van der Waals surface area contributed by atoms with Gasteiger partial charge in [-0.1, -0.05) is 15.9 Å². The van der Waals surface area contributed by atoms with Crippen LogP contribution in [0.1, 0.15) is 15.6 Å². The second-order valence-electron chi connectivity index (χ2n) is 4.58. The number of hydrogen-bond acceptors (Lipinski definition) is 5. The summed E-state index contributed by atoms with van der Waals surface area (Å²) in [6.07, 6.45) is 0.874. The van der Waals surface area contributed by atoms with E-state index >= 15 is 0 Å². The molecule has 0 saturated carbocycles. The van der Waals surface area contributed by atoms with Gasteiger partial charge in [0, 0.05) is 32.5 Å². The van der Waals surface area contributed by atoms with Crippen LogP contribution in [0.3, 0.4) is 0 Å². The van der Waals surface area contributed by atoms with E-state index in [0.717, 1.165) is 27.3 Å². The zero-order valence-corrected chi connectivity index (χ0v) is 14.7. The number of nitrogens with one attached hydrogen (secondary N) is 1. The van der Waals surface area contributed by atoms with Gasteiger partial charge in [-0.3, -0.25) is 11.3 Å². The Bertz CT molecular complexity index is 535. The first kappa shape index (κ1) is 16.0. The van der Waals surface area contributed by atoms with Crippen LogP contribution in [-0.4, -0.2) is 16.8 Å². The summed E-state index contributed by atoms with van der Waals surface area (Å²) in [5.41, 5.74) is 4.02. The van der Waals surface area contributed by atoms with Gasteiger partial charge >= 0.3 is 0 Å². The van der Waals surface area contributed by atoms with Gasteiger partial charge in [-0.2, -0.15) is 0 Å². The molecule has 2 rings (SSSR count). The van der Waals surface area contributed by atoms with E-state index in [4.69, 9.17) is 5.84 Å². The Hall–Kier alpha value is -0.400. The van der Waals surface area contributed by atoms with E-state index in [1.165, 1.54) is 9.77 Å². The number of aromatic nitrogens is 1. The number of hydrogen-bond donors (Lipinski definition) is 2. The molecule has 0 bridgehead atoms. The second kappa shape index (κ2) is 7.56. The van der Waals surface area contributed by atoms with E-state index in [9.17, 15) is 0 Å². The molecule has 0 aliphatic rings. The molecule has 3 N–H and O–H groups in total. The number of thioether (sulfide) groups is 1. The first-order valence-corrected chi connectivity index (χ1v) is 8.95. The van der Waals surface area contributed by atoms with Gasteiger partial charge in [0.2, 0.25) is 0 Å². The van der Waals surface area contributed by atoms with Crippen molar-refractivity contribution in [2.45, 2.75) is 31.2 Å². The number of thiazole rings is 1. The minimum atomic E-state index is 0.230. The Balaban J connectivity index is 1.90. The summed E-state index contributed by atoms with van der Waals surface area (Å²) in [5, 5.41) is 1.15. The normalized spacial score (nSPS) is 12.6. The molecule has 1 unspecified atom stereocenters. The van der Waals surface area contributed by atoms with E-state index in [-0.39, 0.29) is 6.04 Å². The predicted molar refractivity (Wildman–Crippen MR) is 91.3 cm³/mol. The monoisotopic (exact) mass is 371 g/mol. The second-order valence-corrected chi connectivity index (χ2v) is 7.88. The highest BCUT2D eigenvalue weighted by atomic mass is 79.9. The molecular weight excluding hydrogens is 354 g/mol. The fourth-order valence-electron chi connectivity index (χ4n) is 1.73. The van der Waals surface area contributed by atoms with Crippen molar-refractivity contribution in [1.82, 2.24) is 10.4 Å². The summed E-state index contributed by atoms with van der Waals surface area (Å²) >= 11 is 7.01. The summed E-state index contributed by atoms with van der Waals surface area (Å²) in [4.78, 5) is 7.11. The van der Waals surface area contributed by atoms with Gasteiger partial charge in [0.1, 0.15) is 0 Å². The van der Waals surface area contributed by atoms with E-state index in [0.29, 0.717) is 0 Å². The minimum Gasteiger partial charge on any atom is -0.271 e. The zero-order chi connectivity index (χ0) is 14.5. The van der Waals surface area contributed by atoms with Crippen molar-refractivity contribution in [3.05, 3.63) is 44.3 Å². The van der Waals surface area contributed by atoms with Crippen LogP contribution in [0.4, 0.5) is 0 Å². The highest BCUT2D eigenvalue weighted by Crippen LogP contribution is 2.23. The maximum atomic E-state index is 5.66. The summed E-state index contributed by atoms with van der Waals surface area (Å²) < 4.78 is 1.10. The van der Waals surface area contributed by atoms with E-state index in [2.05, 4.69) is 64.5 Å². The quantitative estimate of drug-likeness (QED) is 0.461. The topological polar surface area (TPSA) is 50.9 Å². The van der Waals surface area contributed by atoms with Gasteiger partial charge in [0.25, 0.3) is 0 Å². The molecule has 1 aromatic carbocycles. The Morgan fingerprint density at radius 1 is 1.35 bits per heavy atom. The van der Waals surface area contributed by atoms with Crippen LogP contribution < -0.4 is 11.3 Å². The van der Waals surface area contributed by atoms with Crippen LogP contribution >= 0.6 is 39.0 Å². The molecule has 1 aromatic heterocycles. The van der Waals surface area contributed by atoms with Gasteiger partial charge < -0.3 is 0 Å². The van der Waals surface area contributed by atoms with Crippen molar-refractivity contribution >= 4 is 39.0 Å². The zero-order valence-electron chi connectivity index (χ0n) is 11.5. The van der Waals surface area contributed by atoms with Crippen molar-refractivity contribution < 1.29 is 0 Å². The maximum absolute atomic E-state index is 5.66. The standard InChI is InChI=1S/C14H18BrN3S2/c1-9-10(2)20-14(17-9)7-12(18-16)8-19-13-5-3-11(15)4-6-13/h3-6,12,18H,7-8,16H2,1-2H3. The first-order chi connectivity index (χ1) is 9.58. The third kappa shape index (κ3) is 4.56. The van der Waals surface area contributed by atoms with E-state index < -0.39 is 0 Å². The molecule has 0 amide bonds. The predicted octanol–water partition coefficient (Wildman–Crippen LogP) is 3.69. The highest BCUT2D eigenvalue weighted by molar-refractivity contribution is 9.10. The number of nitrogens with zero attached hydrogens (tertiary/aromatic N) is 1. The van der Waals surface area contributed by atoms with Gasteiger partial charge in [-0.25, -0.2) is 4.98 Å². The fourth-order valence-corrected chi connectivity index (χ4v) is 3.95. The maximum Gasteiger partial charge on any atom is 0.0947 e. The molecule has 0 saturated heterocycles. The summed E-state index contributed by atoms with van der Waals surface area (Å²) in [5.74, 6) is 6.59. The third-order valence-corrected chi connectivity index (χ3v) is 5.79. The number of halogens is 1. The molecule has 6 heteroatoms. The summed E-state index contributed by atoms with van der Waals surface area (Å²) in [6.45, 7) is 4.16. The minimum absolute atomic E-state index is 0.230. The third-order valence-electron chi connectivity index (χ3n) is 2.99. The molecule has 3 nitrogen and oxygen atoms in total. The first-order valence-electron chi connectivity index (χ1n) is 6.36. The average molecular weight is 372 g/mol. The van der Waals surface area contributed by atoms with Crippen molar-refractivity contribution in [3.63, 3.8) is 0 Å². The molecule has 1 atom stereocenters. The van der Waals surface area contributed by atoms with Crippen molar-refractivity contribution in [2.75, 3.05) is 5.75 Å². The molecule has 0 aliphatic carbocycles. The number of hydrazine groups is 1. The van der Waals surface area contributed by atoms with Crippen LogP contribution in [0.25, 0.3) is 0 Å². The summed E-state index contributed by atoms with van der Waals surface area (Å²) in [6, 6.07) is 8.57. The van der Waals surface area contributed by atoms with Crippen LogP contribution in [-0.2, 0) is 6.42 Å². The van der Waals surface area contributed by atoms with Gasteiger partial charge in [-0.15, -0.1) is 23.1 Å². The number of aryl methyl sites for hydroxylation is 2. The molecule has 108 valence electrons. The van der Waals surface area contributed by atoms with Crippen molar-refractivity contribution in [3.8, 4) is 0 Å². The molecule has 1 heterocycles. The van der Waals surface area contributed by atoms with E-state index in [1.807, 2.05) is 0 Å². The Kier molecular flexibility index (Phi) is 6.04. The number of rotatable bonds is 6. The number of benzene rings is 1. The molecule has 20 heavy (non-hydrogen) atoms. The molecular formula is C14H18BrN3S2. The van der Waals surface area contributed by atoms with Crippen LogP contribution in [0.2, 0.25) is 0 Å². The van der Waals surface area contributed by atoms with Crippen molar-refractivity contribution in [1.29, 1.82) is 0 Å². The Morgan fingerprint density at radius 2 is 2.05 bits per heavy atom. The lowest BCUT2D eigenvalue weighted by Gasteiger charge is -2.14. The van der Waals surface area contributed by atoms with Gasteiger partial charge in [0.15, 0.2) is 0 Å². The van der Waals surface area contributed by atoms with E-state index in [1.54, 1.807) is 23.1 Å². The van der Waals surface area contributed by atoms with Gasteiger partial charge in [-0.05, 0) is 38.1 Å². The lowest BCUT2D eigenvalue weighted by Crippen LogP contribution is -2.38. The molecule has 0 aliphatic heterocycles. The molecule has 0 fully saturated rings. The largest absolute Gasteiger partial charge is 0.271 e. The van der Waals surface area contributed by atoms with Crippen LogP contribution in [0, 0.1) is 13.8 Å². The van der Waals surface area contributed by atoms with Crippen LogP contribution in [0.15, 0.2) is 33.6 Å².